The minimum Gasteiger partial charge on any atom is -0.462 e. The van der Waals surface area contributed by atoms with Crippen LogP contribution in [0.15, 0.2) is 109 Å². The van der Waals surface area contributed by atoms with Crippen molar-refractivity contribution < 1.29 is 42.7 Å². The van der Waals surface area contributed by atoms with E-state index in [0.717, 1.165) is 44.9 Å². The van der Waals surface area contributed by atoms with Crippen LogP contribution in [0.25, 0.3) is 0 Å². The lowest BCUT2D eigenvalue weighted by Crippen LogP contribution is -2.29. The monoisotopic (exact) mass is 830 g/mol. The van der Waals surface area contributed by atoms with E-state index in [1.165, 1.54) is 44.9 Å². The molecule has 0 amide bonds. The number of nitrogens with two attached hydrogens (primary N) is 1. The van der Waals surface area contributed by atoms with Crippen molar-refractivity contribution in [3.05, 3.63) is 109 Å². The second-order valence-corrected chi connectivity index (χ2v) is 15.2. The number of aliphatic hydroxyl groups excluding tert-OH is 1. The molecule has 0 spiro atoms. The first-order valence-electron chi connectivity index (χ1n) is 21.5. The van der Waals surface area contributed by atoms with Crippen molar-refractivity contribution >= 4 is 19.8 Å². The van der Waals surface area contributed by atoms with E-state index >= 15 is 0 Å². The summed E-state index contributed by atoms with van der Waals surface area (Å²) in [4.78, 5) is 34.8. The summed E-state index contributed by atoms with van der Waals surface area (Å²) in [5.41, 5.74) is 5.33. The number of carbonyl (C=O) groups excluding carboxylic acids is 2. The van der Waals surface area contributed by atoms with Crippen LogP contribution in [0.5, 0.6) is 0 Å². The first kappa shape index (κ1) is 54.6. The van der Waals surface area contributed by atoms with Gasteiger partial charge in [-0.2, -0.15) is 0 Å². The molecule has 58 heavy (non-hydrogen) atoms. The van der Waals surface area contributed by atoms with Gasteiger partial charge in [0.25, 0.3) is 0 Å². The molecule has 1 unspecified atom stereocenters. The molecule has 0 saturated carbocycles. The third-order valence-electron chi connectivity index (χ3n) is 8.25. The number of hydrogen-bond acceptors (Lipinski definition) is 9. The normalized spacial score (nSPS) is 14.9. The summed E-state index contributed by atoms with van der Waals surface area (Å²) in [6.45, 7) is 3.33. The van der Waals surface area contributed by atoms with Gasteiger partial charge in [0.1, 0.15) is 6.61 Å². The molecule has 3 atom stereocenters. The molecule has 0 heterocycles. The fraction of sp³-hybridized carbons (Fsp3) is 0.574. The maximum absolute atomic E-state index is 12.6. The molecule has 0 fully saturated rings. The van der Waals surface area contributed by atoms with Gasteiger partial charge in [-0.05, 0) is 83.5 Å². The summed E-state index contributed by atoms with van der Waals surface area (Å²) in [6.07, 6.45) is 51.6. The Labute approximate surface area is 351 Å². The topological polar surface area (TPSA) is 155 Å². The van der Waals surface area contributed by atoms with E-state index in [1.54, 1.807) is 12.2 Å². The first-order valence-corrected chi connectivity index (χ1v) is 23.0. The molecule has 328 valence electrons. The van der Waals surface area contributed by atoms with E-state index in [1.807, 2.05) is 24.3 Å². The Morgan fingerprint density at radius 3 is 1.62 bits per heavy atom. The average molecular weight is 830 g/mol. The van der Waals surface area contributed by atoms with E-state index in [0.29, 0.717) is 19.3 Å². The molecule has 4 N–H and O–H groups in total. The van der Waals surface area contributed by atoms with Gasteiger partial charge >= 0.3 is 19.8 Å². The van der Waals surface area contributed by atoms with Gasteiger partial charge in [-0.15, -0.1) is 0 Å². The lowest BCUT2D eigenvalue weighted by Gasteiger charge is -2.19. The predicted molar refractivity (Wildman–Crippen MR) is 239 cm³/mol. The van der Waals surface area contributed by atoms with Gasteiger partial charge in [0, 0.05) is 19.4 Å². The van der Waals surface area contributed by atoms with Crippen molar-refractivity contribution in [2.24, 2.45) is 5.73 Å². The molecule has 0 aliphatic rings. The smallest absolute Gasteiger partial charge is 0.462 e. The van der Waals surface area contributed by atoms with Gasteiger partial charge in [0.05, 0.1) is 19.3 Å². The number of aliphatic hydroxyl groups is 1. The van der Waals surface area contributed by atoms with Crippen LogP contribution < -0.4 is 5.73 Å². The number of esters is 2. The largest absolute Gasteiger partial charge is 0.472 e. The zero-order valence-electron chi connectivity index (χ0n) is 35.6. The molecule has 0 rings (SSSR count). The van der Waals surface area contributed by atoms with Crippen molar-refractivity contribution in [3.63, 3.8) is 0 Å². The Bertz CT molecular complexity index is 1330. The number of rotatable bonds is 38. The first-order chi connectivity index (χ1) is 28.2. The lowest BCUT2D eigenvalue weighted by molar-refractivity contribution is -0.161. The van der Waals surface area contributed by atoms with Gasteiger partial charge in [-0.1, -0.05) is 149 Å². The molecule has 0 radical (unpaired) electrons. The number of allylic oxidation sites excluding steroid dienone is 17. The van der Waals surface area contributed by atoms with Crippen molar-refractivity contribution in [1.82, 2.24) is 0 Å². The Hall–Kier alpha value is -3.37. The molecule has 0 aromatic carbocycles. The van der Waals surface area contributed by atoms with Gasteiger partial charge in [-0.25, -0.2) is 4.57 Å². The molecule has 0 aromatic rings. The second kappa shape index (κ2) is 41.8. The summed E-state index contributed by atoms with van der Waals surface area (Å²) in [5, 5.41) is 10.2. The Kier molecular flexibility index (Phi) is 39.4. The van der Waals surface area contributed by atoms with Crippen LogP contribution in [0.3, 0.4) is 0 Å². The minimum atomic E-state index is -4.45. The number of carbonyl (C=O) groups is 2. The second-order valence-electron chi connectivity index (χ2n) is 13.7. The minimum absolute atomic E-state index is 0.0101. The number of unbranched alkanes of at least 4 members (excludes halogenated alkanes) is 6. The molecule has 11 heteroatoms. The van der Waals surface area contributed by atoms with Crippen LogP contribution in [-0.2, 0) is 32.7 Å². The number of phosphoric ester groups is 1. The quantitative estimate of drug-likeness (QED) is 0.0180. The SMILES string of the molecule is CCCCC/C=C\C/C=C\C/C=C\C=C\[C@@H](O)CCCC(=O)OC[C@H](COP(=O)(O)OCCN)OC(=O)CC/C=C\C/C=C\C/C=C\C/C=C\C/C=C\CCCCC. The third-order valence-corrected chi connectivity index (χ3v) is 9.23. The molecule has 0 aliphatic carbocycles. The van der Waals surface area contributed by atoms with Crippen molar-refractivity contribution in [3.8, 4) is 0 Å². The van der Waals surface area contributed by atoms with Gasteiger partial charge in [-0.3, -0.25) is 18.6 Å². The third kappa shape index (κ3) is 40.8. The summed E-state index contributed by atoms with van der Waals surface area (Å²) in [7, 11) is -4.45. The Morgan fingerprint density at radius 2 is 1.10 bits per heavy atom. The maximum atomic E-state index is 12.6. The molecule has 10 nitrogen and oxygen atoms in total. The Balaban J connectivity index is 4.51. The van der Waals surface area contributed by atoms with Crippen LogP contribution in [0.2, 0.25) is 0 Å². The van der Waals surface area contributed by atoms with Crippen LogP contribution >= 0.6 is 7.82 Å². The van der Waals surface area contributed by atoms with Crippen molar-refractivity contribution in [2.75, 3.05) is 26.4 Å². The van der Waals surface area contributed by atoms with Crippen LogP contribution in [0.4, 0.5) is 0 Å². The molecule has 0 aromatic heterocycles. The fourth-order valence-electron chi connectivity index (χ4n) is 5.01. The summed E-state index contributed by atoms with van der Waals surface area (Å²) < 4.78 is 32.5. The Morgan fingerprint density at radius 1 is 0.603 bits per heavy atom. The number of ether oxygens (including phenoxy) is 2. The zero-order valence-corrected chi connectivity index (χ0v) is 36.5. The molecular formula is C47H76NO9P. The highest BCUT2D eigenvalue weighted by molar-refractivity contribution is 7.47. The van der Waals surface area contributed by atoms with Crippen molar-refractivity contribution in [1.29, 1.82) is 0 Å². The van der Waals surface area contributed by atoms with Gasteiger partial charge in [0.2, 0.25) is 0 Å². The maximum Gasteiger partial charge on any atom is 0.472 e. The van der Waals surface area contributed by atoms with E-state index in [9.17, 15) is 24.2 Å². The molecular weight excluding hydrogens is 753 g/mol. The molecule has 0 saturated heterocycles. The summed E-state index contributed by atoms with van der Waals surface area (Å²) in [5.74, 6) is -1.14. The van der Waals surface area contributed by atoms with Crippen molar-refractivity contribution in [2.45, 2.75) is 148 Å². The molecule has 0 bridgehead atoms. The lowest BCUT2D eigenvalue weighted by atomic mass is 10.1. The molecule has 0 aliphatic heterocycles. The van der Waals surface area contributed by atoms with Crippen LogP contribution in [0.1, 0.15) is 136 Å². The van der Waals surface area contributed by atoms with E-state index in [-0.39, 0.29) is 32.6 Å². The highest BCUT2D eigenvalue weighted by Crippen LogP contribution is 2.43. The highest BCUT2D eigenvalue weighted by atomic mass is 31.2. The highest BCUT2D eigenvalue weighted by Gasteiger charge is 2.25. The van der Waals surface area contributed by atoms with Crippen LogP contribution in [0, 0.1) is 0 Å². The average Bonchev–Trinajstić information content (AvgIpc) is 3.20. The number of phosphoric acid groups is 1. The standard InChI is InChI=1S/C47H76NO9P/c1-3-5-7-9-11-13-15-17-18-19-20-21-22-24-26-28-30-32-34-38-47(51)57-45(43-56-58(52,53)55-41-40-48)42-54-46(50)39-35-37-44(49)36-33-31-29-27-25-23-16-14-12-10-8-6-4-2/h11-14,17-18,20-21,23-26,29-33,36,44-45,49H,3-10,15-16,19,22,27-28,34-35,37-43,48H2,1-2H3,(H,52,53)/b13-11-,14-12-,18-17-,21-20-,25-23-,26-24-,31-29-,32-30-,36-33+/t44-,45-/m1/s1. The summed E-state index contributed by atoms with van der Waals surface area (Å²) in [6, 6.07) is 0. The zero-order chi connectivity index (χ0) is 42.6. The fourth-order valence-corrected chi connectivity index (χ4v) is 5.78. The number of hydrogen-bond donors (Lipinski definition) is 3. The summed E-state index contributed by atoms with van der Waals surface area (Å²) >= 11 is 0. The van der Waals surface area contributed by atoms with E-state index in [4.69, 9.17) is 24.3 Å². The van der Waals surface area contributed by atoms with Gasteiger partial charge in [0.15, 0.2) is 6.10 Å². The van der Waals surface area contributed by atoms with E-state index < -0.39 is 38.6 Å². The predicted octanol–water partition coefficient (Wildman–Crippen LogP) is 11.4. The van der Waals surface area contributed by atoms with Crippen LogP contribution in [-0.4, -0.2) is 60.5 Å². The van der Waals surface area contributed by atoms with Gasteiger partial charge < -0.3 is 25.2 Å². The van der Waals surface area contributed by atoms with E-state index in [2.05, 4.69) is 86.8 Å².